The van der Waals surface area contributed by atoms with E-state index in [4.69, 9.17) is 4.74 Å². The Morgan fingerprint density at radius 2 is 1.86 bits per heavy atom. The molecule has 156 valence electrons. The van der Waals surface area contributed by atoms with Crippen LogP contribution in [0.25, 0.3) is 0 Å². The molecular weight excluding hydrogens is 354 g/mol. The summed E-state index contributed by atoms with van der Waals surface area (Å²) < 4.78 is 5.60. The molecule has 6 nitrogen and oxygen atoms in total. The second-order valence-electron chi connectivity index (χ2n) is 8.78. The highest BCUT2D eigenvalue weighted by Crippen LogP contribution is 2.25. The zero-order valence-corrected chi connectivity index (χ0v) is 18.0. The van der Waals surface area contributed by atoms with Crippen molar-refractivity contribution in [2.24, 2.45) is 5.92 Å². The third-order valence-corrected chi connectivity index (χ3v) is 4.47. The Bertz CT molecular complexity index is 667. The average molecular weight is 390 g/mol. The largest absolute Gasteiger partial charge is 0.444 e. The van der Waals surface area contributed by atoms with E-state index in [-0.39, 0.29) is 12.0 Å². The molecule has 0 saturated carbocycles. The highest BCUT2D eigenvalue weighted by Gasteiger charge is 2.25. The summed E-state index contributed by atoms with van der Waals surface area (Å²) in [5, 5.41) is 3.37. The van der Waals surface area contributed by atoms with Crippen molar-refractivity contribution in [3.63, 3.8) is 0 Å². The fourth-order valence-electron chi connectivity index (χ4n) is 3.21. The summed E-state index contributed by atoms with van der Waals surface area (Å²) >= 11 is 0. The lowest BCUT2D eigenvalue weighted by atomic mass is 10.1. The molecule has 0 spiro atoms. The summed E-state index contributed by atoms with van der Waals surface area (Å²) in [4.78, 5) is 29.3. The van der Waals surface area contributed by atoms with E-state index in [9.17, 15) is 9.59 Å². The predicted octanol–water partition coefficient (Wildman–Crippen LogP) is 3.80. The van der Waals surface area contributed by atoms with Crippen molar-refractivity contribution in [3.05, 3.63) is 29.8 Å². The van der Waals surface area contributed by atoms with Gasteiger partial charge in [-0.2, -0.15) is 0 Å². The van der Waals surface area contributed by atoms with E-state index in [0.717, 1.165) is 24.2 Å². The lowest BCUT2D eigenvalue weighted by Crippen LogP contribution is -2.40. The predicted molar refractivity (Wildman–Crippen MR) is 112 cm³/mol. The summed E-state index contributed by atoms with van der Waals surface area (Å²) in [5.41, 5.74) is 1.31. The van der Waals surface area contributed by atoms with Gasteiger partial charge in [-0.1, -0.05) is 32.0 Å². The van der Waals surface area contributed by atoms with E-state index in [1.807, 2.05) is 49.9 Å². The number of nitrogens with one attached hydrogen (secondary N) is 1. The first-order valence-electron chi connectivity index (χ1n) is 10.2. The molecule has 1 aromatic carbocycles. The van der Waals surface area contributed by atoms with E-state index in [0.29, 0.717) is 38.5 Å². The van der Waals surface area contributed by atoms with Crippen LogP contribution in [0.15, 0.2) is 24.3 Å². The molecule has 1 aliphatic heterocycles. The molecule has 0 fully saturated rings. The van der Waals surface area contributed by atoms with Crippen molar-refractivity contribution in [1.82, 2.24) is 10.2 Å². The van der Waals surface area contributed by atoms with Crippen LogP contribution in [0.5, 0.6) is 0 Å². The van der Waals surface area contributed by atoms with Gasteiger partial charge in [0.25, 0.3) is 0 Å². The van der Waals surface area contributed by atoms with Crippen molar-refractivity contribution in [2.45, 2.75) is 59.6 Å². The highest BCUT2D eigenvalue weighted by molar-refractivity contribution is 5.94. The molecule has 1 aromatic rings. The molecule has 0 atom stereocenters. The van der Waals surface area contributed by atoms with E-state index in [2.05, 4.69) is 19.2 Å². The maximum Gasteiger partial charge on any atom is 0.410 e. The van der Waals surface area contributed by atoms with Gasteiger partial charge in [0.2, 0.25) is 5.91 Å². The molecule has 0 unspecified atom stereocenters. The molecule has 0 radical (unpaired) electrons. The molecule has 0 saturated heterocycles. The topological polar surface area (TPSA) is 61.9 Å². The van der Waals surface area contributed by atoms with Crippen LogP contribution in [0.1, 0.15) is 53.0 Å². The van der Waals surface area contributed by atoms with Gasteiger partial charge in [-0.3, -0.25) is 4.79 Å². The first-order chi connectivity index (χ1) is 13.2. The standard InChI is InChI=1S/C22H35N3O3/c1-17(2)15-20(26)25-13-8-11-23-12-14-24(21(27)28-22(3,4)5)16-18-9-6-7-10-19(18)25/h6-7,9-10,17,23H,8,11-16H2,1-5H3. The third-order valence-electron chi connectivity index (χ3n) is 4.47. The first kappa shape index (κ1) is 22.2. The van der Waals surface area contributed by atoms with E-state index < -0.39 is 5.60 Å². The lowest BCUT2D eigenvalue weighted by molar-refractivity contribution is -0.119. The number of rotatable bonds is 2. The Kier molecular flexibility index (Phi) is 7.87. The van der Waals surface area contributed by atoms with Gasteiger partial charge in [0.1, 0.15) is 5.60 Å². The molecule has 0 aliphatic carbocycles. The van der Waals surface area contributed by atoms with Crippen molar-refractivity contribution in [1.29, 1.82) is 0 Å². The van der Waals surface area contributed by atoms with E-state index in [1.54, 1.807) is 4.90 Å². The number of hydrogen-bond donors (Lipinski definition) is 1. The SMILES string of the molecule is CC(C)CC(=O)N1CCCNCCN(C(=O)OC(C)(C)C)Cc2ccccc21. The van der Waals surface area contributed by atoms with Crippen LogP contribution in [0.4, 0.5) is 10.5 Å². The molecule has 2 rings (SSSR count). The number of para-hydroxylation sites is 1. The van der Waals surface area contributed by atoms with Crippen LogP contribution >= 0.6 is 0 Å². The second kappa shape index (κ2) is 9.92. The minimum Gasteiger partial charge on any atom is -0.444 e. The van der Waals surface area contributed by atoms with Crippen molar-refractivity contribution < 1.29 is 14.3 Å². The van der Waals surface area contributed by atoms with Crippen molar-refractivity contribution in [2.75, 3.05) is 31.1 Å². The van der Waals surface area contributed by atoms with Crippen molar-refractivity contribution >= 4 is 17.7 Å². The molecule has 6 heteroatoms. The molecular formula is C22H35N3O3. The summed E-state index contributed by atoms with van der Waals surface area (Å²) in [6, 6.07) is 7.87. The Balaban J connectivity index is 2.33. The Morgan fingerprint density at radius 3 is 2.54 bits per heavy atom. The molecule has 0 bridgehead atoms. The molecule has 1 heterocycles. The minimum absolute atomic E-state index is 0.130. The average Bonchev–Trinajstić information content (AvgIpc) is 2.62. The number of amides is 2. The van der Waals surface area contributed by atoms with E-state index >= 15 is 0 Å². The quantitative estimate of drug-likeness (QED) is 0.836. The van der Waals surface area contributed by atoms with Crippen LogP contribution < -0.4 is 10.2 Å². The number of ether oxygens (including phenoxy) is 1. The van der Waals surface area contributed by atoms with Crippen molar-refractivity contribution in [3.8, 4) is 0 Å². The number of carbonyl (C=O) groups is 2. The van der Waals surface area contributed by atoms with Gasteiger partial charge in [0.15, 0.2) is 0 Å². The number of anilines is 1. The molecule has 1 aliphatic rings. The summed E-state index contributed by atoms with van der Waals surface area (Å²) in [5.74, 6) is 0.430. The maximum absolute atomic E-state index is 12.9. The summed E-state index contributed by atoms with van der Waals surface area (Å²) in [7, 11) is 0. The van der Waals surface area contributed by atoms with Gasteiger partial charge in [-0.25, -0.2) is 4.79 Å². The normalized spacial score (nSPS) is 16.4. The summed E-state index contributed by atoms with van der Waals surface area (Å²) in [6.45, 7) is 12.9. The first-order valence-corrected chi connectivity index (χ1v) is 10.2. The number of carbonyl (C=O) groups excluding carboxylic acids is 2. The molecule has 0 aromatic heterocycles. The smallest absolute Gasteiger partial charge is 0.410 e. The lowest BCUT2D eigenvalue weighted by Gasteiger charge is -2.29. The fraction of sp³-hybridized carbons (Fsp3) is 0.636. The molecule has 1 N–H and O–H groups in total. The molecule has 2 amide bonds. The minimum atomic E-state index is -0.546. The number of hydrogen-bond acceptors (Lipinski definition) is 4. The number of nitrogens with zero attached hydrogens (tertiary/aromatic N) is 2. The second-order valence-corrected chi connectivity index (χ2v) is 8.78. The number of benzene rings is 1. The Morgan fingerprint density at radius 1 is 1.14 bits per heavy atom. The van der Waals surface area contributed by atoms with Gasteiger partial charge >= 0.3 is 6.09 Å². The molecule has 28 heavy (non-hydrogen) atoms. The highest BCUT2D eigenvalue weighted by atomic mass is 16.6. The van der Waals surface area contributed by atoms with Gasteiger partial charge in [-0.05, 0) is 51.3 Å². The zero-order valence-electron chi connectivity index (χ0n) is 18.0. The van der Waals surface area contributed by atoms with E-state index in [1.165, 1.54) is 0 Å². The van der Waals surface area contributed by atoms with Gasteiger partial charge in [0.05, 0.1) is 6.54 Å². The van der Waals surface area contributed by atoms with Gasteiger partial charge in [-0.15, -0.1) is 0 Å². The van der Waals surface area contributed by atoms with Crippen LogP contribution in [0.2, 0.25) is 0 Å². The van der Waals surface area contributed by atoms with Crippen LogP contribution in [-0.2, 0) is 16.1 Å². The van der Waals surface area contributed by atoms with Gasteiger partial charge < -0.3 is 19.9 Å². The maximum atomic E-state index is 12.9. The third kappa shape index (κ3) is 6.82. The Hall–Kier alpha value is -2.08. The van der Waals surface area contributed by atoms with Crippen LogP contribution in [0.3, 0.4) is 0 Å². The zero-order chi connectivity index (χ0) is 20.7. The monoisotopic (exact) mass is 389 g/mol. The Labute approximate surface area is 169 Å². The van der Waals surface area contributed by atoms with Crippen LogP contribution in [0, 0.1) is 5.92 Å². The van der Waals surface area contributed by atoms with Crippen LogP contribution in [-0.4, -0.2) is 48.7 Å². The number of fused-ring (bicyclic) bond motifs is 1. The van der Waals surface area contributed by atoms with Gasteiger partial charge in [0, 0.05) is 31.7 Å². The fourth-order valence-corrected chi connectivity index (χ4v) is 3.21. The summed E-state index contributed by atoms with van der Waals surface area (Å²) in [6.07, 6.45) is 1.05.